The number of benzene rings is 1. The van der Waals surface area contributed by atoms with Gasteiger partial charge >= 0.3 is 0 Å². The molecule has 0 spiro atoms. The first-order valence-electron chi connectivity index (χ1n) is 6.40. The Hall–Kier alpha value is -1.44. The molecule has 1 amide bonds. The molecule has 6 nitrogen and oxygen atoms in total. The highest BCUT2D eigenvalue weighted by molar-refractivity contribution is 7.88. The van der Waals surface area contributed by atoms with Gasteiger partial charge in [-0.2, -0.15) is 0 Å². The van der Waals surface area contributed by atoms with Crippen LogP contribution in [0.3, 0.4) is 0 Å². The smallest absolute Gasteiger partial charge is 0.237 e. The van der Waals surface area contributed by atoms with E-state index >= 15 is 0 Å². The number of nitrogens with zero attached hydrogens (tertiary/aromatic N) is 1. The van der Waals surface area contributed by atoms with E-state index in [1.807, 2.05) is 30.3 Å². The monoisotopic (exact) mass is 297 g/mol. The van der Waals surface area contributed by atoms with Crippen LogP contribution < -0.4 is 10.5 Å². The van der Waals surface area contributed by atoms with Gasteiger partial charge in [-0.1, -0.05) is 30.3 Å². The van der Waals surface area contributed by atoms with Crippen LogP contribution >= 0.6 is 0 Å². The molecule has 1 heterocycles. The van der Waals surface area contributed by atoms with Gasteiger partial charge in [-0.25, -0.2) is 13.1 Å². The van der Waals surface area contributed by atoms with E-state index in [4.69, 9.17) is 5.73 Å². The predicted octanol–water partition coefficient (Wildman–Crippen LogP) is -0.511. The second-order valence-corrected chi connectivity index (χ2v) is 6.91. The second-order valence-electron chi connectivity index (χ2n) is 5.07. The molecule has 0 bridgehead atoms. The van der Waals surface area contributed by atoms with Gasteiger partial charge in [0.2, 0.25) is 15.9 Å². The molecule has 0 radical (unpaired) electrons. The molecule has 20 heavy (non-hydrogen) atoms. The van der Waals surface area contributed by atoms with Gasteiger partial charge in [-0.05, 0) is 5.56 Å². The lowest BCUT2D eigenvalue weighted by atomic mass is 9.95. The number of nitrogens with two attached hydrogens (primary N) is 1. The van der Waals surface area contributed by atoms with Crippen LogP contribution in [0, 0.1) is 0 Å². The molecular formula is C13H19N3O3S. The molecular weight excluding hydrogens is 278 g/mol. The minimum atomic E-state index is -3.36. The zero-order chi connectivity index (χ0) is 14.8. The molecule has 1 fully saturated rings. The Morgan fingerprint density at radius 2 is 2.00 bits per heavy atom. The van der Waals surface area contributed by atoms with Gasteiger partial charge in [0.05, 0.1) is 12.8 Å². The quantitative estimate of drug-likeness (QED) is 0.783. The summed E-state index contributed by atoms with van der Waals surface area (Å²) in [5, 5.41) is 0. The van der Waals surface area contributed by atoms with Crippen molar-refractivity contribution in [2.45, 2.75) is 12.0 Å². The van der Waals surface area contributed by atoms with E-state index in [-0.39, 0.29) is 24.4 Å². The molecule has 1 aliphatic heterocycles. The summed E-state index contributed by atoms with van der Waals surface area (Å²) in [5.41, 5.74) is 7.19. The Labute approximate surface area is 119 Å². The molecule has 2 atom stereocenters. The standard InChI is InChI=1S/C13H19N3O3S/c1-20(18,19)15-7-13(17)16-8-11(12(14)9-16)10-5-3-2-4-6-10/h2-6,11-12,15H,7-9,14H2,1H3/t11-,12+/m1/s1. The summed E-state index contributed by atoms with van der Waals surface area (Å²) in [6, 6.07) is 9.68. The van der Waals surface area contributed by atoms with Crippen molar-refractivity contribution in [3.63, 3.8) is 0 Å². The van der Waals surface area contributed by atoms with Gasteiger partial charge < -0.3 is 10.6 Å². The molecule has 0 saturated carbocycles. The van der Waals surface area contributed by atoms with Crippen molar-refractivity contribution < 1.29 is 13.2 Å². The number of amides is 1. The Balaban J connectivity index is 1.98. The maximum absolute atomic E-state index is 12.0. The summed E-state index contributed by atoms with van der Waals surface area (Å²) in [4.78, 5) is 13.6. The van der Waals surface area contributed by atoms with Crippen molar-refractivity contribution in [3.05, 3.63) is 35.9 Å². The van der Waals surface area contributed by atoms with Crippen LogP contribution in [0.5, 0.6) is 0 Å². The summed E-state index contributed by atoms with van der Waals surface area (Å²) >= 11 is 0. The van der Waals surface area contributed by atoms with E-state index in [9.17, 15) is 13.2 Å². The number of sulfonamides is 1. The lowest BCUT2D eigenvalue weighted by Gasteiger charge is -2.16. The van der Waals surface area contributed by atoms with E-state index in [0.717, 1.165) is 11.8 Å². The zero-order valence-electron chi connectivity index (χ0n) is 11.3. The number of rotatable bonds is 4. The number of likely N-dealkylation sites (tertiary alicyclic amines) is 1. The molecule has 7 heteroatoms. The molecule has 0 aliphatic carbocycles. The molecule has 3 N–H and O–H groups in total. The van der Waals surface area contributed by atoms with Gasteiger partial charge in [0.25, 0.3) is 0 Å². The zero-order valence-corrected chi connectivity index (χ0v) is 12.1. The highest BCUT2D eigenvalue weighted by Crippen LogP contribution is 2.26. The minimum Gasteiger partial charge on any atom is -0.339 e. The Morgan fingerprint density at radius 1 is 1.35 bits per heavy atom. The van der Waals surface area contributed by atoms with Crippen LogP contribution in [0.15, 0.2) is 30.3 Å². The van der Waals surface area contributed by atoms with Gasteiger partial charge in [-0.3, -0.25) is 4.79 Å². The maximum Gasteiger partial charge on any atom is 0.237 e. The molecule has 1 aromatic rings. The Kier molecular flexibility index (Phi) is 4.42. The lowest BCUT2D eigenvalue weighted by Crippen LogP contribution is -2.39. The van der Waals surface area contributed by atoms with E-state index in [1.54, 1.807) is 4.90 Å². The second kappa shape index (κ2) is 5.90. The number of hydrogen-bond acceptors (Lipinski definition) is 4. The summed E-state index contributed by atoms with van der Waals surface area (Å²) < 4.78 is 24.2. The predicted molar refractivity (Wildman–Crippen MR) is 76.6 cm³/mol. The van der Waals surface area contributed by atoms with Gasteiger partial charge in [-0.15, -0.1) is 0 Å². The summed E-state index contributed by atoms with van der Waals surface area (Å²) in [7, 11) is -3.36. The van der Waals surface area contributed by atoms with Crippen molar-refractivity contribution in [1.29, 1.82) is 0 Å². The van der Waals surface area contributed by atoms with Crippen LogP contribution in [0.2, 0.25) is 0 Å². The number of nitrogens with one attached hydrogen (secondary N) is 1. The fraction of sp³-hybridized carbons (Fsp3) is 0.462. The van der Waals surface area contributed by atoms with Gasteiger partial charge in [0.15, 0.2) is 0 Å². The summed E-state index contributed by atoms with van der Waals surface area (Å²) in [5.74, 6) is -0.150. The van der Waals surface area contributed by atoms with Gasteiger partial charge in [0.1, 0.15) is 0 Å². The largest absolute Gasteiger partial charge is 0.339 e. The fourth-order valence-electron chi connectivity index (χ4n) is 2.39. The maximum atomic E-state index is 12.0. The topological polar surface area (TPSA) is 92.5 Å². The van der Waals surface area contributed by atoms with E-state index in [2.05, 4.69) is 4.72 Å². The average molecular weight is 297 g/mol. The fourth-order valence-corrected chi connectivity index (χ4v) is 2.78. The number of hydrogen-bond donors (Lipinski definition) is 2. The van der Waals surface area contributed by atoms with Crippen LogP contribution in [0.4, 0.5) is 0 Å². The third-order valence-corrected chi connectivity index (χ3v) is 4.10. The first kappa shape index (κ1) is 15.0. The summed E-state index contributed by atoms with van der Waals surface area (Å²) in [6.07, 6.45) is 1.03. The SMILES string of the molecule is CS(=O)(=O)NCC(=O)N1C[C@H](c2ccccc2)[C@@H](N)C1. The highest BCUT2D eigenvalue weighted by atomic mass is 32.2. The molecule has 110 valence electrons. The Morgan fingerprint density at radius 3 is 2.60 bits per heavy atom. The third-order valence-electron chi connectivity index (χ3n) is 3.43. The molecule has 1 aromatic carbocycles. The normalized spacial score (nSPS) is 23.0. The van der Waals surface area contributed by atoms with Crippen LogP contribution in [-0.2, 0) is 14.8 Å². The van der Waals surface area contributed by atoms with E-state index < -0.39 is 10.0 Å². The lowest BCUT2D eigenvalue weighted by molar-refractivity contribution is -0.128. The van der Waals surface area contributed by atoms with Crippen molar-refractivity contribution in [2.75, 3.05) is 25.9 Å². The molecule has 0 unspecified atom stereocenters. The van der Waals surface area contributed by atoms with Crippen molar-refractivity contribution in [2.24, 2.45) is 5.73 Å². The third kappa shape index (κ3) is 3.78. The number of carbonyl (C=O) groups is 1. The van der Waals surface area contributed by atoms with Crippen molar-refractivity contribution in [1.82, 2.24) is 9.62 Å². The molecule has 0 aromatic heterocycles. The average Bonchev–Trinajstić information content (AvgIpc) is 2.78. The minimum absolute atomic E-state index is 0.0957. The van der Waals surface area contributed by atoms with Crippen molar-refractivity contribution >= 4 is 15.9 Å². The van der Waals surface area contributed by atoms with Crippen LogP contribution in [0.25, 0.3) is 0 Å². The number of carbonyl (C=O) groups excluding carboxylic acids is 1. The Bertz CT molecular complexity index is 574. The van der Waals surface area contributed by atoms with Crippen LogP contribution in [-0.4, -0.2) is 51.2 Å². The van der Waals surface area contributed by atoms with Gasteiger partial charge in [0, 0.05) is 25.0 Å². The van der Waals surface area contributed by atoms with Crippen LogP contribution in [0.1, 0.15) is 11.5 Å². The molecule has 2 rings (SSSR count). The molecule has 1 aliphatic rings. The molecule has 1 saturated heterocycles. The summed E-state index contributed by atoms with van der Waals surface area (Å²) in [6.45, 7) is 0.756. The highest BCUT2D eigenvalue weighted by Gasteiger charge is 2.33. The first-order valence-corrected chi connectivity index (χ1v) is 8.29. The first-order chi connectivity index (χ1) is 9.37. The van der Waals surface area contributed by atoms with E-state index in [0.29, 0.717) is 13.1 Å². The van der Waals surface area contributed by atoms with Crippen molar-refractivity contribution in [3.8, 4) is 0 Å². The van der Waals surface area contributed by atoms with E-state index in [1.165, 1.54) is 0 Å².